The minimum absolute atomic E-state index is 0.226. The molecule has 0 saturated heterocycles. The average Bonchev–Trinajstić information content (AvgIpc) is 2.34. The van der Waals surface area contributed by atoms with E-state index in [9.17, 15) is 4.79 Å². The van der Waals surface area contributed by atoms with E-state index in [1.165, 1.54) is 0 Å². The molecule has 0 heterocycles. The highest BCUT2D eigenvalue weighted by Gasteiger charge is 2.03. The second-order valence-corrected chi connectivity index (χ2v) is 3.21. The van der Waals surface area contributed by atoms with Gasteiger partial charge in [0.05, 0.1) is 7.11 Å². The number of hydrogen-bond acceptors (Lipinski definition) is 3. The Morgan fingerprint density at radius 1 is 1.38 bits per heavy atom. The predicted octanol–water partition coefficient (Wildman–Crippen LogP) is 0.453. The van der Waals surface area contributed by atoms with Crippen LogP contribution in [0.25, 0.3) is 0 Å². The number of amides is 2. The number of benzene rings is 1. The zero-order chi connectivity index (χ0) is 11.8. The molecule has 1 rings (SSSR count). The van der Waals surface area contributed by atoms with Crippen molar-refractivity contribution in [2.75, 3.05) is 20.2 Å². The molecule has 4 N–H and O–H groups in total. The number of methoxy groups -OCH3 is 1. The molecule has 0 fully saturated rings. The minimum atomic E-state index is -0.226. The first kappa shape index (κ1) is 12.3. The van der Waals surface area contributed by atoms with Crippen molar-refractivity contribution in [3.63, 3.8) is 0 Å². The van der Waals surface area contributed by atoms with Gasteiger partial charge in [0, 0.05) is 25.2 Å². The third-order valence-corrected chi connectivity index (χ3v) is 2.06. The molecule has 0 spiro atoms. The molecule has 0 saturated carbocycles. The van der Waals surface area contributed by atoms with Crippen LogP contribution in [0.3, 0.4) is 0 Å². The molecule has 0 aliphatic rings. The highest BCUT2D eigenvalue weighted by molar-refractivity contribution is 5.73. The molecule has 5 heteroatoms. The van der Waals surface area contributed by atoms with Gasteiger partial charge in [-0.25, -0.2) is 4.79 Å². The maximum Gasteiger partial charge on any atom is 0.315 e. The van der Waals surface area contributed by atoms with Crippen LogP contribution >= 0.6 is 0 Å². The fourth-order valence-electron chi connectivity index (χ4n) is 1.27. The molecule has 2 amide bonds. The topological polar surface area (TPSA) is 76.4 Å². The quantitative estimate of drug-likeness (QED) is 0.678. The Morgan fingerprint density at radius 3 is 2.81 bits per heavy atom. The molecule has 1 aromatic carbocycles. The Morgan fingerprint density at radius 2 is 2.12 bits per heavy atom. The Bertz CT molecular complexity index is 342. The molecule has 88 valence electrons. The minimum Gasteiger partial charge on any atom is -0.496 e. The van der Waals surface area contributed by atoms with Gasteiger partial charge in [-0.05, 0) is 6.07 Å². The van der Waals surface area contributed by atoms with Gasteiger partial charge in [-0.15, -0.1) is 0 Å². The SMILES string of the molecule is COc1ccccc1CNC(=O)NCCN. The van der Waals surface area contributed by atoms with E-state index in [0.29, 0.717) is 19.6 Å². The number of rotatable bonds is 5. The van der Waals surface area contributed by atoms with Crippen LogP contribution in [0.15, 0.2) is 24.3 Å². The van der Waals surface area contributed by atoms with Crippen LogP contribution in [0.5, 0.6) is 5.75 Å². The Hall–Kier alpha value is -1.75. The summed E-state index contributed by atoms with van der Waals surface area (Å²) < 4.78 is 5.17. The van der Waals surface area contributed by atoms with Crippen molar-refractivity contribution in [3.8, 4) is 5.75 Å². The molecular formula is C11H17N3O2. The van der Waals surface area contributed by atoms with Crippen LogP contribution in [0.2, 0.25) is 0 Å². The smallest absolute Gasteiger partial charge is 0.315 e. The maximum atomic E-state index is 11.3. The number of nitrogens with one attached hydrogen (secondary N) is 2. The molecule has 0 radical (unpaired) electrons. The monoisotopic (exact) mass is 223 g/mol. The van der Waals surface area contributed by atoms with E-state index < -0.39 is 0 Å². The Balaban J connectivity index is 2.44. The summed E-state index contributed by atoms with van der Waals surface area (Å²) in [6, 6.07) is 7.32. The van der Waals surface area contributed by atoms with E-state index in [1.807, 2.05) is 24.3 Å². The van der Waals surface area contributed by atoms with Crippen molar-refractivity contribution >= 4 is 6.03 Å². The molecule has 5 nitrogen and oxygen atoms in total. The van der Waals surface area contributed by atoms with Crippen LogP contribution in [-0.2, 0) is 6.54 Å². The highest BCUT2D eigenvalue weighted by Crippen LogP contribution is 2.16. The summed E-state index contributed by atoms with van der Waals surface area (Å²) >= 11 is 0. The number of urea groups is 1. The number of para-hydroxylation sites is 1. The summed E-state index contributed by atoms with van der Waals surface area (Å²) in [5, 5.41) is 5.35. The van der Waals surface area contributed by atoms with Crippen molar-refractivity contribution in [2.24, 2.45) is 5.73 Å². The molecule has 0 unspecified atom stereocenters. The van der Waals surface area contributed by atoms with Crippen molar-refractivity contribution in [2.45, 2.75) is 6.54 Å². The summed E-state index contributed by atoms with van der Waals surface area (Å²) in [4.78, 5) is 11.3. The second kappa shape index (κ2) is 6.68. The first-order chi connectivity index (χ1) is 7.77. The molecule has 16 heavy (non-hydrogen) atoms. The standard InChI is InChI=1S/C11H17N3O2/c1-16-10-5-3-2-4-9(10)8-14-11(15)13-7-6-12/h2-5H,6-8,12H2,1H3,(H2,13,14,15). The molecule has 0 aromatic heterocycles. The average molecular weight is 223 g/mol. The Kier molecular flexibility index (Phi) is 5.15. The van der Waals surface area contributed by atoms with Gasteiger partial charge in [0.15, 0.2) is 0 Å². The van der Waals surface area contributed by atoms with E-state index in [2.05, 4.69) is 10.6 Å². The van der Waals surface area contributed by atoms with Gasteiger partial charge in [0.25, 0.3) is 0 Å². The summed E-state index contributed by atoms with van der Waals surface area (Å²) in [6.07, 6.45) is 0. The summed E-state index contributed by atoms with van der Waals surface area (Å²) in [6.45, 7) is 1.33. The van der Waals surface area contributed by atoms with Gasteiger partial charge in [0.2, 0.25) is 0 Å². The van der Waals surface area contributed by atoms with Crippen molar-refractivity contribution in [1.29, 1.82) is 0 Å². The number of nitrogens with two attached hydrogens (primary N) is 1. The zero-order valence-electron chi connectivity index (χ0n) is 9.32. The van der Waals surface area contributed by atoms with Gasteiger partial charge >= 0.3 is 6.03 Å². The molecule has 0 aliphatic heterocycles. The van der Waals surface area contributed by atoms with E-state index in [0.717, 1.165) is 11.3 Å². The number of hydrogen-bond donors (Lipinski definition) is 3. The lowest BCUT2D eigenvalue weighted by Crippen LogP contribution is -2.37. The summed E-state index contributed by atoms with van der Waals surface area (Å²) in [7, 11) is 1.60. The van der Waals surface area contributed by atoms with E-state index in [1.54, 1.807) is 7.11 Å². The lowest BCUT2D eigenvalue weighted by atomic mass is 10.2. The first-order valence-corrected chi connectivity index (χ1v) is 5.11. The zero-order valence-corrected chi connectivity index (χ0v) is 9.32. The maximum absolute atomic E-state index is 11.3. The predicted molar refractivity (Wildman–Crippen MR) is 62.3 cm³/mol. The van der Waals surface area contributed by atoms with Crippen LogP contribution in [0, 0.1) is 0 Å². The van der Waals surface area contributed by atoms with Gasteiger partial charge in [-0.2, -0.15) is 0 Å². The van der Waals surface area contributed by atoms with Crippen LogP contribution < -0.4 is 21.1 Å². The summed E-state index contributed by atoms with van der Waals surface area (Å²) in [5.41, 5.74) is 6.21. The lowest BCUT2D eigenvalue weighted by molar-refractivity contribution is 0.240. The van der Waals surface area contributed by atoms with Gasteiger partial charge < -0.3 is 21.1 Å². The fourth-order valence-corrected chi connectivity index (χ4v) is 1.27. The lowest BCUT2D eigenvalue weighted by Gasteiger charge is -2.09. The third kappa shape index (κ3) is 3.78. The number of carbonyl (C=O) groups is 1. The largest absolute Gasteiger partial charge is 0.496 e. The molecule has 0 bridgehead atoms. The van der Waals surface area contributed by atoms with Crippen molar-refractivity contribution in [3.05, 3.63) is 29.8 Å². The van der Waals surface area contributed by atoms with E-state index >= 15 is 0 Å². The Labute approximate surface area is 95.0 Å². The van der Waals surface area contributed by atoms with Crippen molar-refractivity contribution in [1.82, 2.24) is 10.6 Å². The molecule has 0 aliphatic carbocycles. The second-order valence-electron chi connectivity index (χ2n) is 3.21. The number of ether oxygens (including phenoxy) is 1. The third-order valence-electron chi connectivity index (χ3n) is 2.06. The van der Waals surface area contributed by atoms with Crippen LogP contribution in [0.1, 0.15) is 5.56 Å². The van der Waals surface area contributed by atoms with E-state index in [-0.39, 0.29) is 6.03 Å². The number of carbonyl (C=O) groups excluding carboxylic acids is 1. The van der Waals surface area contributed by atoms with Gasteiger partial charge in [0.1, 0.15) is 5.75 Å². The highest BCUT2D eigenvalue weighted by atomic mass is 16.5. The molecular weight excluding hydrogens is 206 g/mol. The van der Waals surface area contributed by atoms with E-state index in [4.69, 9.17) is 10.5 Å². The van der Waals surface area contributed by atoms with Crippen LogP contribution in [0.4, 0.5) is 4.79 Å². The first-order valence-electron chi connectivity index (χ1n) is 5.11. The molecule has 1 aromatic rings. The van der Waals surface area contributed by atoms with Crippen molar-refractivity contribution < 1.29 is 9.53 Å². The fraction of sp³-hybridized carbons (Fsp3) is 0.364. The van der Waals surface area contributed by atoms with Gasteiger partial charge in [-0.3, -0.25) is 0 Å². The van der Waals surface area contributed by atoms with Gasteiger partial charge in [-0.1, -0.05) is 18.2 Å². The summed E-state index contributed by atoms with van der Waals surface area (Å²) in [5.74, 6) is 0.765. The normalized spacial score (nSPS) is 9.62. The van der Waals surface area contributed by atoms with Crippen LogP contribution in [-0.4, -0.2) is 26.2 Å². The molecule has 0 atom stereocenters.